The minimum atomic E-state index is -0.812. The number of rotatable bonds is 2. The fraction of sp³-hybridized carbons (Fsp3) is 0.833. The van der Waals surface area contributed by atoms with Crippen LogP contribution in [0.1, 0.15) is 26.2 Å². The van der Waals surface area contributed by atoms with Crippen molar-refractivity contribution in [3.05, 3.63) is 0 Å². The van der Waals surface area contributed by atoms with Crippen LogP contribution in [0.5, 0.6) is 0 Å². The summed E-state index contributed by atoms with van der Waals surface area (Å²) in [6, 6.07) is 0. The number of carbonyl (C=O) groups excluding carboxylic acids is 1. The molecule has 2 aliphatic rings. The summed E-state index contributed by atoms with van der Waals surface area (Å²) >= 11 is 0. The Morgan fingerprint density at radius 3 is 2.76 bits per heavy atom. The summed E-state index contributed by atoms with van der Waals surface area (Å²) in [4.78, 5) is 25.0. The number of ether oxygens (including phenoxy) is 1. The number of amides is 1. The second kappa shape index (κ2) is 4.64. The Morgan fingerprint density at radius 2 is 2.24 bits per heavy atom. The Morgan fingerprint density at radius 1 is 1.47 bits per heavy atom. The summed E-state index contributed by atoms with van der Waals surface area (Å²) in [6.07, 6.45) is 2.32. The molecule has 2 atom stereocenters. The third-order valence-corrected chi connectivity index (χ3v) is 3.81. The highest BCUT2D eigenvalue weighted by molar-refractivity contribution is 5.82. The average Bonchev–Trinajstić information content (AvgIpc) is 2.74. The molecule has 0 aromatic heterocycles. The van der Waals surface area contributed by atoms with E-state index < -0.39 is 11.4 Å². The lowest BCUT2D eigenvalue weighted by molar-refractivity contribution is -0.148. The van der Waals surface area contributed by atoms with Crippen LogP contribution < -0.4 is 0 Å². The molecule has 2 saturated heterocycles. The summed E-state index contributed by atoms with van der Waals surface area (Å²) in [6.45, 7) is 3.81. The van der Waals surface area contributed by atoms with Gasteiger partial charge in [-0.05, 0) is 26.2 Å². The van der Waals surface area contributed by atoms with E-state index in [9.17, 15) is 9.59 Å². The standard InChI is InChI=1S/C12H19NO4/c1-12(11(15)16)4-5-13(8-12)10(14)9-3-2-6-17-7-9/h9H,2-8H2,1H3,(H,15,16)/t9-,12+/m0/s1. The van der Waals surface area contributed by atoms with E-state index in [0.717, 1.165) is 19.4 Å². The molecule has 0 unspecified atom stereocenters. The maximum absolute atomic E-state index is 12.2. The second-order valence-electron chi connectivity index (χ2n) is 5.29. The number of likely N-dealkylation sites (tertiary alicyclic amines) is 1. The largest absolute Gasteiger partial charge is 0.481 e. The van der Waals surface area contributed by atoms with Crippen LogP contribution >= 0.6 is 0 Å². The highest BCUT2D eigenvalue weighted by Crippen LogP contribution is 2.31. The van der Waals surface area contributed by atoms with Gasteiger partial charge in [-0.1, -0.05) is 0 Å². The molecule has 0 saturated carbocycles. The maximum Gasteiger partial charge on any atom is 0.311 e. The first kappa shape index (κ1) is 12.4. The molecule has 0 aromatic carbocycles. The molecule has 2 rings (SSSR count). The highest BCUT2D eigenvalue weighted by atomic mass is 16.5. The molecule has 0 aliphatic carbocycles. The van der Waals surface area contributed by atoms with Gasteiger partial charge >= 0.3 is 5.97 Å². The molecule has 2 heterocycles. The van der Waals surface area contributed by atoms with E-state index >= 15 is 0 Å². The maximum atomic E-state index is 12.2. The van der Waals surface area contributed by atoms with Crippen LogP contribution in [-0.2, 0) is 14.3 Å². The van der Waals surface area contributed by atoms with Gasteiger partial charge in [-0.15, -0.1) is 0 Å². The van der Waals surface area contributed by atoms with Crippen LogP contribution in [-0.4, -0.2) is 48.2 Å². The molecule has 96 valence electrons. The normalized spacial score (nSPS) is 33.7. The zero-order chi connectivity index (χ0) is 12.5. The van der Waals surface area contributed by atoms with E-state index in [1.165, 1.54) is 0 Å². The Kier molecular flexibility index (Phi) is 3.38. The lowest BCUT2D eigenvalue weighted by Crippen LogP contribution is -2.40. The average molecular weight is 241 g/mol. The van der Waals surface area contributed by atoms with Gasteiger partial charge in [-0.25, -0.2) is 0 Å². The van der Waals surface area contributed by atoms with Gasteiger partial charge in [0.05, 0.1) is 17.9 Å². The Hall–Kier alpha value is -1.10. The molecule has 0 bridgehead atoms. The summed E-state index contributed by atoms with van der Waals surface area (Å²) in [5.41, 5.74) is -0.773. The van der Waals surface area contributed by atoms with Crippen LogP contribution in [0.25, 0.3) is 0 Å². The van der Waals surface area contributed by atoms with E-state index in [1.807, 2.05) is 0 Å². The fourth-order valence-electron chi connectivity index (χ4n) is 2.52. The molecule has 0 aromatic rings. The number of carbonyl (C=O) groups is 2. The van der Waals surface area contributed by atoms with Gasteiger partial charge < -0.3 is 14.7 Å². The van der Waals surface area contributed by atoms with Crippen molar-refractivity contribution in [2.24, 2.45) is 11.3 Å². The molecular formula is C12H19NO4. The highest BCUT2D eigenvalue weighted by Gasteiger charge is 2.43. The zero-order valence-corrected chi connectivity index (χ0v) is 10.1. The SMILES string of the molecule is C[C@@]1(C(=O)O)CCN(C(=O)[C@H]2CCCOC2)C1. The van der Waals surface area contributed by atoms with E-state index in [-0.39, 0.29) is 11.8 Å². The summed E-state index contributed by atoms with van der Waals surface area (Å²) in [7, 11) is 0. The Labute approximate surface area is 101 Å². The van der Waals surface area contributed by atoms with Crippen molar-refractivity contribution in [2.75, 3.05) is 26.3 Å². The third kappa shape index (κ3) is 2.44. The van der Waals surface area contributed by atoms with Crippen LogP contribution in [0.15, 0.2) is 0 Å². The number of hydrogen-bond acceptors (Lipinski definition) is 3. The predicted octanol–water partition coefficient (Wildman–Crippen LogP) is 0.736. The third-order valence-electron chi connectivity index (χ3n) is 3.81. The lowest BCUT2D eigenvalue weighted by atomic mass is 9.90. The van der Waals surface area contributed by atoms with Gasteiger partial charge in [0, 0.05) is 19.7 Å². The van der Waals surface area contributed by atoms with Crippen molar-refractivity contribution >= 4 is 11.9 Å². The molecular weight excluding hydrogens is 222 g/mol. The van der Waals surface area contributed by atoms with Crippen molar-refractivity contribution in [2.45, 2.75) is 26.2 Å². The molecule has 17 heavy (non-hydrogen) atoms. The van der Waals surface area contributed by atoms with Gasteiger partial charge in [-0.2, -0.15) is 0 Å². The summed E-state index contributed by atoms with van der Waals surface area (Å²) in [5, 5.41) is 9.12. The molecule has 2 fully saturated rings. The van der Waals surface area contributed by atoms with Crippen molar-refractivity contribution in [3.63, 3.8) is 0 Å². The number of carboxylic acids is 1. The summed E-state index contributed by atoms with van der Waals surface area (Å²) in [5.74, 6) is -0.817. The monoisotopic (exact) mass is 241 g/mol. The van der Waals surface area contributed by atoms with E-state index in [1.54, 1.807) is 11.8 Å². The Balaban J connectivity index is 1.95. The van der Waals surface area contributed by atoms with Crippen molar-refractivity contribution in [3.8, 4) is 0 Å². The van der Waals surface area contributed by atoms with E-state index in [4.69, 9.17) is 9.84 Å². The first-order chi connectivity index (χ1) is 8.03. The van der Waals surface area contributed by atoms with Crippen LogP contribution in [0.2, 0.25) is 0 Å². The summed E-state index contributed by atoms with van der Waals surface area (Å²) < 4.78 is 5.30. The fourth-order valence-corrected chi connectivity index (χ4v) is 2.52. The van der Waals surface area contributed by atoms with Gasteiger partial charge in [0.2, 0.25) is 5.91 Å². The first-order valence-electron chi connectivity index (χ1n) is 6.13. The van der Waals surface area contributed by atoms with Gasteiger partial charge in [0.1, 0.15) is 0 Å². The topological polar surface area (TPSA) is 66.8 Å². The number of nitrogens with zero attached hydrogens (tertiary/aromatic N) is 1. The number of hydrogen-bond donors (Lipinski definition) is 1. The number of aliphatic carboxylic acids is 1. The van der Waals surface area contributed by atoms with Crippen molar-refractivity contribution in [1.29, 1.82) is 0 Å². The lowest BCUT2D eigenvalue weighted by Gasteiger charge is -2.27. The molecule has 5 heteroatoms. The first-order valence-corrected chi connectivity index (χ1v) is 6.13. The molecule has 0 radical (unpaired) electrons. The smallest absolute Gasteiger partial charge is 0.311 e. The minimum Gasteiger partial charge on any atom is -0.481 e. The van der Waals surface area contributed by atoms with E-state index in [2.05, 4.69) is 0 Å². The molecule has 2 aliphatic heterocycles. The molecule has 1 N–H and O–H groups in total. The van der Waals surface area contributed by atoms with Gasteiger partial charge in [-0.3, -0.25) is 9.59 Å². The van der Waals surface area contributed by atoms with E-state index in [0.29, 0.717) is 26.1 Å². The number of carboxylic acid groups (broad SMARTS) is 1. The molecule has 5 nitrogen and oxygen atoms in total. The van der Waals surface area contributed by atoms with Crippen LogP contribution in [0, 0.1) is 11.3 Å². The van der Waals surface area contributed by atoms with Crippen molar-refractivity contribution < 1.29 is 19.4 Å². The predicted molar refractivity (Wildman–Crippen MR) is 60.5 cm³/mol. The quantitative estimate of drug-likeness (QED) is 0.774. The van der Waals surface area contributed by atoms with Gasteiger partial charge in [0.15, 0.2) is 0 Å². The van der Waals surface area contributed by atoms with Gasteiger partial charge in [0.25, 0.3) is 0 Å². The van der Waals surface area contributed by atoms with Crippen molar-refractivity contribution in [1.82, 2.24) is 4.90 Å². The van der Waals surface area contributed by atoms with Crippen LogP contribution in [0.4, 0.5) is 0 Å². The Bertz CT molecular complexity index is 324. The molecule has 0 spiro atoms. The second-order valence-corrected chi connectivity index (χ2v) is 5.29. The molecule has 1 amide bonds. The zero-order valence-electron chi connectivity index (χ0n) is 10.1. The van der Waals surface area contributed by atoms with Crippen LogP contribution in [0.3, 0.4) is 0 Å². The minimum absolute atomic E-state index is 0.0645.